The molecule has 1 fully saturated rings. The quantitative estimate of drug-likeness (QED) is 0.540. The van der Waals surface area contributed by atoms with Crippen molar-refractivity contribution in [3.63, 3.8) is 0 Å². The van der Waals surface area contributed by atoms with Gasteiger partial charge in [-0.15, -0.1) is 11.3 Å². The van der Waals surface area contributed by atoms with E-state index in [2.05, 4.69) is 4.98 Å². The minimum absolute atomic E-state index is 0.224. The number of para-hydroxylation sites is 2. The summed E-state index contributed by atoms with van der Waals surface area (Å²) in [5.74, 6) is 0.0407. The third kappa shape index (κ3) is 3.03. The molecule has 122 valence electrons. The molecule has 0 N–H and O–H groups in total. The van der Waals surface area contributed by atoms with Crippen molar-refractivity contribution in [3.05, 3.63) is 48.5 Å². The van der Waals surface area contributed by atoms with Crippen molar-refractivity contribution < 1.29 is 19.0 Å². The predicted octanol–water partition coefficient (Wildman–Crippen LogP) is 3.28. The molecule has 0 spiro atoms. The molecule has 0 radical (unpaired) electrons. The van der Waals surface area contributed by atoms with E-state index >= 15 is 0 Å². The molecule has 1 atom stereocenters. The third-order valence-corrected chi connectivity index (χ3v) is 4.77. The van der Waals surface area contributed by atoms with Crippen LogP contribution >= 0.6 is 11.3 Å². The number of benzene rings is 2. The van der Waals surface area contributed by atoms with Crippen LogP contribution in [0.5, 0.6) is 5.75 Å². The van der Waals surface area contributed by atoms with Gasteiger partial charge in [-0.1, -0.05) is 24.3 Å². The number of carbonyl (C=O) groups excluding carboxylic acids is 1. The maximum Gasteiger partial charge on any atom is 0.343 e. The number of rotatable bonds is 3. The van der Waals surface area contributed by atoms with Gasteiger partial charge in [0.2, 0.25) is 0 Å². The largest absolute Gasteiger partial charge is 0.424 e. The number of aromatic nitrogens is 1. The van der Waals surface area contributed by atoms with Crippen molar-refractivity contribution in [3.8, 4) is 16.3 Å². The van der Waals surface area contributed by atoms with Gasteiger partial charge in [-0.05, 0) is 24.3 Å². The molecule has 6 heteroatoms. The highest BCUT2D eigenvalue weighted by molar-refractivity contribution is 7.21. The fraction of sp³-hybridized carbons (Fsp3) is 0.222. The third-order valence-electron chi connectivity index (χ3n) is 3.70. The molecule has 2 heterocycles. The average Bonchev–Trinajstić information content (AvgIpc) is 3.07. The Bertz CT molecular complexity index is 837. The van der Waals surface area contributed by atoms with Gasteiger partial charge >= 0.3 is 5.97 Å². The van der Waals surface area contributed by atoms with Gasteiger partial charge < -0.3 is 14.2 Å². The number of hydrogen-bond donors (Lipinski definition) is 0. The van der Waals surface area contributed by atoms with E-state index in [1.165, 1.54) is 0 Å². The highest BCUT2D eigenvalue weighted by Crippen LogP contribution is 2.35. The van der Waals surface area contributed by atoms with E-state index in [0.29, 0.717) is 19.0 Å². The van der Waals surface area contributed by atoms with Gasteiger partial charge in [0.25, 0.3) is 0 Å². The van der Waals surface area contributed by atoms with Crippen LogP contribution < -0.4 is 4.74 Å². The van der Waals surface area contributed by atoms with Gasteiger partial charge in [0.05, 0.1) is 35.6 Å². The molecule has 4 rings (SSSR count). The number of thiazole rings is 1. The molecule has 24 heavy (non-hydrogen) atoms. The van der Waals surface area contributed by atoms with E-state index in [0.717, 1.165) is 20.8 Å². The number of hydrogen-bond acceptors (Lipinski definition) is 6. The fourth-order valence-electron chi connectivity index (χ4n) is 2.52. The zero-order valence-corrected chi connectivity index (χ0v) is 13.6. The van der Waals surface area contributed by atoms with Gasteiger partial charge in [-0.25, -0.2) is 9.78 Å². The number of esters is 1. The van der Waals surface area contributed by atoms with Crippen LogP contribution in [-0.2, 0) is 14.3 Å². The van der Waals surface area contributed by atoms with Crippen LogP contribution in [0, 0.1) is 0 Å². The van der Waals surface area contributed by atoms with Crippen LogP contribution in [0.15, 0.2) is 48.5 Å². The van der Waals surface area contributed by atoms with Crippen molar-refractivity contribution >= 4 is 27.5 Å². The van der Waals surface area contributed by atoms with Crippen LogP contribution in [0.25, 0.3) is 20.8 Å². The highest BCUT2D eigenvalue weighted by atomic mass is 32.1. The lowest BCUT2D eigenvalue weighted by Crippen LogP contribution is -2.38. The number of ether oxygens (including phenoxy) is 3. The Balaban J connectivity index is 1.63. The summed E-state index contributed by atoms with van der Waals surface area (Å²) in [4.78, 5) is 16.9. The Labute approximate surface area is 142 Å². The Morgan fingerprint density at radius 3 is 2.79 bits per heavy atom. The van der Waals surface area contributed by atoms with E-state index in [9.17, 15) is 4.79 Å². The maximum atomic E-state index is 12.3. The first-order chi connectivity index (χ1) is 11.8. The molecule has 3 aromatic rings. The van der Waals surface area contributed by atoms with E-state index in [-0.39, 0.29) is 6.61 Å². The highest BCUT2D eigenvalue weighted by Gasteiger charge is 2.25. The summed E-state index contributed by atoms with van der Waals surface area (Å²) in [6, 6.07) is 15.3. The standard InChI is InChI=1S/C18H15NO4S/c20-18(15-11-21-9-10-22-15)23-14-7-3-1-5-12(14)17-19-13-6-2-4-8-16(13)24-17/h1-8,15H,9-11H2/t15-/m1/s1. The van der Waals surface area contributed by atoms with Crippen LogP contribution in [0.2, 0.25) is 0 Å². The summed E-state index contributed by atoms with van der Waals surface area (Å²) in [5, 5.41) is 0.820. The zero-order chi connectivity index (χ0) is 16.4. The first kappa shape index (κ1) is 15.3. The minimum atomic E-state index is -0.679. The van der Waals surface area contributed by atoms with E-state index in [1.807, 2.05) is 42.5 Å². The Hall–Kier alpha value is -2.28. The number of nitrogens with zero attached hydrogens (tertiary/aromatic N) is 1. The summed E-state index contributed by atoms with van der Waals surface area (Å²) >= 11 is 1.57. The second kappa shape index (κ2) is 6.68. The molecule has 2 aromatic carbocycles. The smallest absolute Gasteiger partial charge is 0.343 e. The zero-order valence-electron chi connectivity index (χ0n) is 12.8. The molecule has 0 aliphatic carbocycles. The summed E-state index contributed by atoms with van der Waals surface area (Å²) in [5.41, 5.74) is 1.73. The Kier molecular flexibility index (Phi) is 4.25. The monoisotopic (exact) mass is 341 g/mol. The molecular formula is C18H15NO4S. The van der Waals surface area contributed by atoms with Gasteiger partial charge in [0, 0.05) is 0 Å². The SMILES string of the molecule is O=C(Oc1ccccc1-c1nc2ccccc2s1)[C@H]1COCCO1. The molecule has 0 saturated carbocycles. The lowest BCUT2D eigenvalue weighted by molar-refractivity contribution is -0.161. The maximum absolute atomic E-state index is 12.3. The molecule has 0 amide bonds. The van der Waals surface area contributed by atoms with Crippen LogP contribution in [0.4, 0.5) is 0 Å². The lowest BCUT2D eigenvalue weighted by Gasteiger charge is -2.21. The molecule has 1 saturated heterocycles. The Morgan fingerprint density at radius 1 is 1.12 bits per heavy atom. The number of fused-ring (bicyclic) bond motifs is 1. The van der Waals surface area contributed by atoms with Crippen molar-refractivity contribution in [2.75, 3.05) is 19.8 Å². The molecule has 1 aromatic heterocycles. The molecule has 1 aliphatic rings. The van der Waals surface area contributed by atoms with Crippen LogP contribution in [0.3, 0.4) is 0 Å². The summed E-state index contributed by atoms with van der Waals surface area (Å²) in [6.45, 7) is 1.13. The molecular weight excluding hydrogens is 326 g/mol. The van der Waals surface area contributed by atoms with E-state index < -0.39 is 12.1 Å². The van der Waals surface area contributed by atoms with Gasteiger partial charge in [0.1, 0.15) is 10.8 Å². The summed E-state index contributed by atoms with van der Waals surface area (Å²) in [6.07, 6.45) is -0.679. The molecule has 5 nitrogen and oxygen atoms in total. The fourth-order valence-corrected chi connectivity index (χ4v) is 3.51. The second-order valence-electron chi connectivity index (χ2n) is 5.34. The first-order valence-electron chi connectivity index (χ1n) is 7.67. The minimum Gasteiger partial charge on any atom is -0.424 e. The molecule has 0 bridgehead atoms. The van der Waals surface area contributed by atoms with Crippen molar-refractivity contribution in [1.82, 2.24) is 4.98 Å². The molecule has 1 aliphatic heterocycles. The first-order valence-corrected chi connectivity index (χ1v) is 8.49. The molecule has 0 unspecified atom stereocenters. The van der Waals surface area contributed by atoms with Crippen molar-refractivity contribution in [2.45, 2.75) is 6.10 Å². The number of carbonyl (C=O) groups is 1. The van der Waals surface area contributed by atoms with E-state index in [4.69, 9.17) is 14.2 Å². The van der Waals surface area contributed by atoms with Gasteiger partial charge in [-0.3, -0.25) is 0 Å². The van der Waals surface area contributed by atoms with Gasteiger partial charge in [0.15, 0.2) is 6.10 Å². The Morgan fingerprint density at radius 2 is 1.96 bits per heavy atom. The second-order valence-corrected chi connectivity index (χ2v) is 6.37. The van der Waals surface area contributed by atoms with Gasteiger partial charge in [-0.2, -0.15) is 0 Å². The summed E-state index contributed by atoms with van der Waals surface area (Å²) < 4.78 is 17.3. The lowest BCUT2D eigenvalue weighted by atomic mass is 10.2. The topological polar surface area (TPSA) is 57.7 Å². The summed E-state index contributed by atoms with van der Waals surface area (Å²) in [7, 11) is 0. The predicted molar refractivity (Wildman–Crippen MR) is 91.3 cm³/mol. The normalized spacial score (nSPS) is 17.8. The van der Waals surface area contributed by atoms with Crippen molar-refractivity contribution in [1.29, 1.82) is 0 Å². The van der Waals surface area contributed by atoms with E-state index in [1.54, 1.807) is 17.4 Å². The van der Waals surface area contributed by atoms with Crippen molar-refractivity contribution in [2.24, 2.45) is 0 Å². The van der Waals surface area contributed by atoms with Crippen LogP contribution in [0.1, 0.15) is 0 Å². The van der Waals surface area contributed by atoms with Crippen LogP contribution in [-0.4, -0.2) is 36.9 Å². The average molecular weight is 341 g/mol.